The SMILES string of the molecule is O=C(C1CCCCC1)N1CCCCCC1CO. The van der Waals surface area contributed by atoms with Crippen LogP contribution in [0.2, 0.25) is 0 Å². The maximum atomic E-state index is 12.5. The van der Waals surface area contributed by atoms with Crippen molar-refractivity contribution >= 4 is 5.91 Å². The van der Waals surface area contributed by atoms with Gasteiger partial charge in [0.2, 0.25) is 5.91 Å². The van der Waals surface area contributed by atoms with Gasteiger partial charge in [-0.05, 0) is 25.7 Å². The first kappa shape index (κ1) is 12.9. The molecule has 3 heteroatoms. The topological polar surface area (TPSA) is 40.5 Å². The van der Waals surface area contributed by atoms with E-state index in [1.165, 1.54) is 25.7 Å². The van der Waals surface area contributed by atoms with Gasteiger partial charge in [-0.2, -0.15) is 0 Å². The summed E-state index contributed by atoms with van der Waals surface area (Å²) in [6, 6.07) is 0.0897. The van der Waals surface area contributed by atoms with E-state index in [4.69, 9.17) is 0 Å². The lowest BCUT2D eigenvalue weighted by atomic mass is 9.88. The van der Waals surface area contributed by atoms with Crippen molar-refractivity contribution in [3.05, 3.63) is 0 Å². The number of rotatable bonds is 2. The maximum absolute atomic E-state index is 12.5. The number of aliphatic hydroxyl groups excluding tert-OH is 1. The van der Waals surface area contributed by atoms with Gasteiger partial charge in [-0.1, -0.05) is 32.1 Å². The van der Waals surface area contributed by atoms with Crippen molar-refractivity contribution in [2.45, 2.75) is 63.8 Å². The molecule has 2 fully saturated rings. The molecule has 1 N–H and O–H groups in total. The van der Waals surface area contributed by atoms with Gasteiger partial charge in [-0.3, -0.25) is 4.79 Å². The van der Waals surface area contributed by atoms with Gasteiger partial charge in [0.05, 0.1) is 12.6 Å². The van der Waals surface area contributed by atoms with Crippen molar-refractivity contribution in [2.75, 3.05) is 13.2 Å². The third kappa shape index (κ3) is 3.21. The lowest BCUT2D eigenvalue weighted by Crippen LogP contribution is -2.45. The molecular formula is C14H25NO2. The monoisotopic (exact) mass is 239 g/mol. The maximum Gasteiger partial charge on any atom is 0.226 e. The van der Waals surface area contributed by atoms with Crippen LogP contribution in [0.15, 0.2) is 0 Å². The van der Waals surface area contributed by atoms with E-state index < -0.39 is 0 Å². The summed E-state index contributed by atoms with van der Waals surface area (Å²) in [4.78, 5) is 14.5. The highest BCUT2D eigenvalue weighted by atomic mass is 16.3. The molecule has 1 unspecified atom stereocenters. The summed E-state index contributed by atoms with van der Waals surface area (Å²) in [6.45, 7) is 0.999. The van der Waals surface area contributed by atoms with Crippen molar-refractivity contribution in [1.29, 1.82) is 0 Å². The minimum absolute atomic E-state index is 0.0897. The molecule has 1 heterocycles. The normalized spacial score (nSPS) is 27.8. The second-order valence-electron chi connectivity index (χ2n) is 5.55. The van der Waals surface area contributed by atoms with E-state index in [0.29, 0.717) is 5.91 Å². The predicted octanol–water partition coefficient (Wildman–Crippen LogP) is 2.33. The summed E-state index contributed by atoms with van der Waals surface area (Å²) in [5.41, 5.74) is 0. The number of hydrogen-bond acceptors (Lipinski definition) is 2. The average Bonchev–Trinajstić information content (AvgIpc) is 2.64. The third-order valence-electron chi connectivity index (χ3n) is 4.33. The third-order valence-corrected chi connectivity index (χ3v) is 4.33. The fourth-order valence-corrected chi connectivity index (χ4v) is 3.24. The number of nitrogens with zero attached hydrogens (tertiary/aromatic N) is 1. The summed E-state index contributed by atoms with van der Waals surface area (Å²) in [7, 11) is 0. The van der Waals surface area contributed by atoms with Gasteiger partial charge in [-0.25, -0.2) is 0 Å². The van der Waals surface area contributed by atoms with Crippen LogP contribution in [0.1, 0.15) is 57.8 Å². The predicted molar refractivity (Wildman–Crippen MR) is 67.6 cm³/mol. The zero-order valence-corrected chi connectivity index (χ0v) is 10.7. The van der Waals surface area contributed by atoms with Crippen molar-refractivity contribution in [1.82, 2.24) is 4.90 Å². The van der Waals surface area contributed by atoms with Gasteiger partial charge in [0, 0.05) is 12.5 Å². The quantitative estimate of drug-likeness (QED) is 0.803. The van der Waals surface area contributed by atoms with Gasteiger partial charge in [0.1, 0.15) is 0 Å². The minimum atomic E-state index is 0.0897. The van der Waals surface area contributed by atoms with E-state index in [9.17, 15) is 9.90 Å². The molecule has 1 atom stereocenters. The Balaban J connectivity index is 1.98. The zero-order chi connectivity index (χ0) is 12.1. The molecule has 17 heavy (non-hydrogen) atoms. The molecule has 1 aliphatic heterocycles. The fourth-order valence-electron chi connectivity index (χ4n) is 3.24. The lowest BCUT2D eigenvalue weighted by Gasteiger charge is -2.33. The van der Waals surface area contributed by atoms with Crippen molar-refractivity contribution in [3.63, 3.8) is 0 Å². The number of carbonyl (C=O) groups is 1. The smallest absolute Gasteiger partial charge is 0.226 e. The molecule has 2 rings (SSSR count). The summed E-state index contributed by atoms with van der Waals surface area (Å²) in [6.07, 6.45) is 10.3. The molecular weight excluding hydrogens is 214 g/mol. The molecule has 0 aromatic heterocycles. The summed E-state index contributed by atoms with van der Waals surface area (Å²) >= 11 is 0. The molecule has 1 saturated carbocycles. The van der Waals surface area contributed by atoms with Crippen LogP contribution < -0.4 is 0 Å². The Morgan fingerprint density at radius 3 is 2.35 bits per heavy atom. The van der Waals surface area contributed by atoms with E-state index in [2.05, 4.69) is 0 Å². The van der Waals surface area contributed by atoms with Crippen LogP contribution in [0.5, 0.6) is 0 Å². The van der Waals surface area contributed by atoms with E-state index in [1.807, 2.05) is 4.90 Å². The molecule has 0 spiro atoms. The van der Waals surface area contributed by atoms with Gasteiger partial charge in [-0.15, -0.1) is 0 Å². The lowest BCUT2D eigenvalue weighted by molar-refractivity contribution is -0.139. The Hall–Kier alpha value is -0.570. The van der Waals surface area contributed by atoms with Gasteiger partial charge in [0.15, 0.2) is 0 Å². The van der Waals surface area contributed by atoms with Gasteiger partial charge in [0.25, 0.3) is 0 Å². The van der Waals surface area contributed by atoms with Gasteiger partial charge < -0.3 is 10.0 Å². The first-order chi connectivity index (χ1) is 8.33. The van der Waals surface area contributed by atoms with Crippen LogP contribution in [0.3, 0.4) is 0 Å². The molecule has 0 bridgehead atoms. The van der Waals surface area contributed by atoms with E-state index >= 15 is 0 Å². The van der Waals surface area contributed by atoms with E-state index in [0.717, 1.165) is 38.6 Å². The molecule has 1 aliphatic carbocycles. The minimum Gasteiger partial charge on any atom is -0.394 e. The Morgan fingerprint density at radius 1 is 1.00 bits per heavy atom. The van der Waals surface area contributed by atoms with Crippen LogP contribution in [-0.4, -0.2) is 35.1 Å². The molecule has 1 amide bonds. The number of aliphatic hydroxyl groups is 1. The first-order valence-electron chi connectivity index (χ1n) is 7.24. The number of likely N-dealkylation sites (tertiary alicyclic amines) is 1. The number of carbonyl (C=O) groups excluding carboxylic acids is 1. The standard InChI is InChI=1S/C14H25NO2/c16-11-13-9-5-2-6-10-15(13)14(17)12-7-3-1-4-8-12/h12-13,16H,1-11H2. The Bertz CT molecular complexity index is 249. The largest absolute Gasteiger partial charge is 0.394 e. The highest BCUT2D eigenvalue weighted by Crippen LogP contribution is 2.27. The van der Waals surface area contributed by atoms with Crippen LogP contribution in [-0.2, 0) is 4.79 Å². The summed E-state index contributed by atoms with van der Waals surface area (Å²) in [5.74, 6) is 0.571. The summed E-state index contributed by atoms with van der Waals surface area (Å²) in [5, 5.41) is 9.44. The molecule has 3 nitrogen and oxygen atoms in total. The molecule has 0 aromatic rings. The Kier molecular flexibility index (Phi) is 4.84. The number of amides is 1. The molecule has 0 radical (unpaired) electrons. The van der Waals surface area contributed by atoms with Crippen LogP contribution in [0, 0.1) is 5.92 Å². The first-order valence-corrected chi connectivity index (χ1v) is 7.24. The highest BCUT2D eigenvalue weighted by molar-refractivity contribution is 5.79. The van der Waals surface area contributed by atoms with Gasteiger partial charge >= 0.3 is 0 Å². The molecule has 2 aliphatic rings. The second kappa shape index (κ2) is 6.39. The number of hydrogen-bond donors (Lipinski definition) is 1. The van der Waals surface area contributed by atoms with Crippen molar-refractivity contribution < 1.29 is 9.90 Å². The fraction of sp³-hybridized carbons (Fsp3) is 0.929. The zero-order valence-electron chi connectivity index (χ0n) is 10.7. The van der Waals surface area contributed by atoms with E-state index in [-0.39, 0.29) is 18.6 Å². The molecule has 0 aromatic carbocycles. The summed E-state index contributed by atoms with van der Waals surface area (Å²) < 4.78 is 0. The highest BCUT2D eigenvalue weighted by Gasteiger charge is 2.30. The van der Waals surface area contributed by atoms with E-state index in [1.54, 1.807) is 0 Å². The van der Waals surface area contributed by atoms with Crippen molar-refractivity contribution in [3.8, 4) is 0 Å². The van der Waals surface area contributed by atoms with Crippen LogP contribution >= 0.6 is 0 Å². The van der Waals surface area contributed by atoms with Crippen LogP contribution in [0.4, 0.5) is 0 Å². The Morgan fingerprint density at radius 2 is 1.65 bits per heavy atom. The second-order valence-corrected chi connectivity index (χ2v) is 5.55. The molecule has 1 saturated heterocycles. The Labute approximate surface area is 104 Å². The van der Waals surface area contributed by atoms with Crippen LogP contribution in [0.25, 0.3) is 0 Å². The van der Waals surface area contributed by atoms with Crippen molar-refractivity contribution in [2.24, 2.45) is 5.92 Å². The average molecular weight is 239 g/mol. The molecule has 98 valence electrons.